The summed E-state index contributed by atoms with van der Waals surface area (Å²) in [5.41, 5.74) is 0.914. The molecule has 42 valence electrons. The molecule has 0 aliphatic carbocycles. The first kappa shape index (κ1) is 6.01. The highest BCUT2D eigenvalue weighted by atomic mass is 16.1. The van der Waals surface area contributed by atoms with Crippen molar-refractivity contribution < 1.29 is 4.79 Å². The van der Waals surface area contributed by atoms with Crippen LogP contribution in [0.5, 0.6) is 0 Å². The molecule has 0 spiro atoms. The van der Waals surface area contributed by atoms with E-state index in [4.69, 9.17) is 7.85 Å². The number of aldehydes is 1. The molecule has 0 aromatic carbocycles. The summed E-state index contributed by atoms with van der Waals surface area (Å²) in [4.78, 5) is 13.8. The van der Waals surface area contributed by atoms with Crippen molar-refractivity contribution in [3.05, 3.63) is 24.0 Å². The lowest BCUT2D eigenvalue weighted by Crippen LogP contribution is -2.09. The molecule has 0 aliphatic heterocycles. The van der Waals surface area contributed by atoms with Gasteiger partial charge < -0.3 is 0 Å². The molecule has 0 aliphatic rings. The average molecular weight is 117 g/mol. The minimum atomic E-state index is 0.424. The fraction of sp³-hybridized carbons (Fsp3) is 0. The Bertz CT molecular complexity index is 224. The van der Waals surface area contributed by atoms with E-state index in [1.807, 2.05) is 0 Å². The van der Waals surface area contributed by atoms with Gasteiger partial charge in [-0.1, -0.05) is 5.46 Å². The molecular formula is C6H4BNO. The van der Waals surface area contributed by atoms with Crippen LogP contribution in [0.3, 0.4) is 0 Å². The molecule has 1 rings (SSSR count). The zero-order chi connectivity index (χ0) is 6.69. The van der Waals surface area contributed by atoms with Crippen molar-refractivity contribution in [1.29, 1.82) is 0 Å². The van der Waals surface area contributed by atoms with E-state index in [1.165, 1.54) is 12.4 Å². The van der Waals surface area contributed by atoms with Crippen LogP contribution in [-0.4, -0.2) is 19.1 Å². The number of hydrogen-bond acceptors (Lipinski definition) is 2. The summed E-state index contributed by atoms with van der Waals surface area (Å²) in [7, 11) is 5.34. The van der Waals surface area contributed by atoms with Crippen molar-refractivity contribution in [3.63, 3.8) is 0 Å². The third-order valence-electron chi connectivity index (χ3n) is 1.01. The van der Waals surface area contributed by atoms with Gasteiger partial charge in [-0.2, -0.15) is 0 Å². The average Bonchev–Trinajstić information content (AvgIpc) is 1.89. The van der Waals surface area contributed by atoms with E-state index in [0.717, 1.165) is 0 Å². The highest BCUT2D eigenvalue weighted by Gasteiger charge is 1.90. The molecule has 1 aromatic heterocycles. The van der Waals surface area contributed by atoms with Crippen LogP contribution in [0.4, 0.5) is 0 Å². The number of carbonyl (C=O) groups is 1. The van der Waals surface area contributed by atoms with Gasteiger partial charge in [0.1, 0.15) is 14.1 Å². The van der Waals surface area contributed by atoms with E-state index >= 15 is 0 Å². The molecule has 0 atom stereocenters. The third kappa shape index (κ3) is 1.16. The molecule has 1 aromatic rings. The smallest absolute Gasteiger partial charge is 0.149 e. The summed E-state index contributed by atoms with van der Waals surface area (Å²) in [6.07, 6.45) is 3.68. The molecule has 0 bridgehead atoms. The van der Waals surface area contributed by atoms with Crippen LogP contribution in [0.25, 0.3) is 0 Å². The van der Waals surface area contributed by atoms with Gasteiger partial charge in [-0.25, -0.2) is 0 Å². The third-order valence-corrected chi connectivity index (χ3v) is 1.01. The Kier molecular flexibility index (Phi) is 1.63. The van der Waals surface area contributed by atoms with Gasteiger partial charge in [0.25, 0.3) is 0 Å². The molecule has 0 fully saturated rings. The van der Waals surface area contributed by atoms with Gasteiger partial charge in [0.05, 0.1) is 0 Å². The van der Waals surface area contributed by atoms with E-state index in [1.54, 1.807) is 6.07 Å². The molecule has 0 saturated heterocycles. The van der Waals surface area contributed by atoms with Gasteiger partial charge in [-0.3, -0.25) is 9.78 Å². The van der Waals surface area contributed by atoms with Gasteiger partial charge in [0, 0.05) is 18.0 Å². The minimum Gasteiger partial charge on any atom is -0.298 e. The largest absolute Gasteiger partial charge is 0.298 e. The molecule has 3 heteroatoms. The second-order valence-corrected chi connectivity index (χ2v) is 1.62. The van der Waals surface area contributed by atoms with Crippen LogP contribution in [0.1, 0.15) is 10.4 Å². The maximum absolute atomic E-state index is 10.1. The lowest BCUT2D eigenvalue weighted by Gasteiger charge is -1.92. The van der Waals surface area contributed by atoms with Gasteiger partial charge in [-0.05, 0) is 6.07 Å². The van der Waals surface area contributed by atoms with E-state index in [9.17, 15) is 4.79 Å². The first-order valence-electron chi connectivity index (χ1n) is 2.49. The number of pyridine rings is 1. The zero-order valence-corrected chi connectivity index (χ0v) is 4.74. The molecule has 1 heterocycles. The number of nitrogens with zero attached hydrogens (tertiary/aromatic N) is 1. The fourth-order valence-electron chi connectivity index (χ4n) is 0.525. The van der Waals surface area contributed by atoms with Crippen molar-refractivity contribution in [2.45, 2.75) is 0 Å². The van der Waals surface area contributed by atoms with E-state index < -0.39 is 0 Å². The first-order chi connectivity index (χ1) is 4.34. The van der Waals surface area contributed by atoms with Gasteiger partial charge >= 0.3 is 0 Å². The summed E-state index contributed by atoms with van der Waals surface area (Å²) >= 11 is 0. The van der Waals surface area contributed by atoms with Crippen LogP contribution in [0.2, 0.25) is 0 Å². The maximum Gasteiger partial charge on any atom is 0.149 e. The normalized spacial score (nSPS) is 8.89. The lowest BCUT2D eigenvalue weighted by atomic mass is 9.94. The molecular weight excluding hydrogens is 113 g/mol. The van der Waals surface area contributed by atoms with Gasteiger partial charge in [0.15, 0.2) is 0 Å². The number of carbonyl (C=O) groups excluding carboxylic acids is 1. The standard InChI is InChI=1S/C6H4BNO/c7-6-3-8-2-1-5(6)4-9/h1-4H. The number of hydrogen-bond donors (Lipinski definition) is 0. The highest BCUT2D eigenvalue weighted by Crippen LogP contribution is 1.84. The van der Waals surface area contributed by atoms with E-state index in [0.29, 0.717) is 17.3 Å². The van der Waals surface area contributed by atoms with Gasteiger partial charge in [0.2, 0.25) is 0 Å². The van der Waals surface area contributed by atoms with Crippen molar-refractivity contribution in [2.24, 2.45) is 0 Å². The summed E-state index contributed by atoms with van der Waals surface area (Å²) < 4.78 is 0. The van der Waals surface area contributed by atoms with Crippen molar-refractivity contribution in [2.75, 3.05) is 0 Å². The van der Waals surface area contributed by atoms with E-state index in [-0.39, 0.29) is 0 Å². The van der Waals surface area contributed by atoms with Crippen LogP contribution in [0.15, 0.2) is 18.5 Å². The highest BCUT2D eigenvalue weighted by molar-refractivity contribution is 6.35. The fourth-order valence-corrected chi connectivity index (χ4v) is 0.525. The Hall–Kier alpha value is -1.12. The molecule has 0 unspecified atom stereocenters. The van der Waals surface area contributed by atoms with Crippen LogP contribution >= 0.6 is 0 Å². The van der Waals surface area contributed by atoms with Crippen LogP contribution in [0, 0.1) is 0 Å². The summed E-state index contributed by atoms with van der Waals surface area (Å²) in [6, 6.07) is 1.57. The zero-order valence-electron chi connectivity index (χ0n) is 4.74. The number of rotatable bonds is 1. The molecule has 2 radical (unpaired) electrons. The predicted octanol–water partition coefficient (Wildman–Crippen LogP) is -0.312. The van der Waals surface area contributed by atoms with Crippen molar-refractivity contribution in [3.8, 4) is 0 Å². The minimum absolute atomic E-state index is 0.424. The van der Waals surface area contributed by atoms with Crippen LogP contribution < -0.4 is 5.46 Å². The summed E-state index contributed by atoms with van der Waals surface area (Å²) in [5.74, 6) is 0. The second kappa shape index (κ2) is 2.44. The maximum atomic E-state index is 10.1. The summed E-state index contributed by atoms with van der Waals surface area (Å²) in [5, 5.41) is 0. The molecule has 0 amide bonds. The Balaban J connectivity index is 3.15. The SMILES string of the molecule is [B]c1cnccc1C=O. The Morgan fingerprint density at radius 3 is 2.89 bits per heavy atom. The van der Waals surface area contributed by atoms with Crippen molar-refractivity contribution >= 4 is 19.6 Å². The monoisotopic (exact) mass is 117 g/mol. The lowest BCUT2D eigenvalue weighted by molar-refractivity contribution is 0.112. The first-order valence-corrected chi connectivity index (χ1v) is 2.49. The molecule has 2 nitrogen and oxygen atoms in total. The molecule has 9 heavy (non-hydrogen) atoms. The second-order valence-electron chi connectivity index (χ2n) is 1.62. The van der Waals surface area contributed by atoms with Crippen LogP contribution in [-0.2, 0) is 0 Å². The van der Waals surface area contributed by atoms with Gasteiger partial charge in [-0.15, -0.1) is 0 Å². The summed E-state index contributed by atoms with van der Waals surface area (Å²) in [6.45, 7) is 0. The number of aromatic nitrogens is 1. The molecule has 0 saturated carbocycles. The Morgan fingerprint density at radius 1 is 1.67 bits per heavy atom. The van der Waals surface area contributed by atoms with E-state index in [2.05, 4.69) is 4.98 Å². The Morgan fingerprint density at radius 2 is 2.44 bits per heavy atom. The Labute approximate surface area is 54.3 Å². The quantitative estimate of drug-likeness (QED) is 0.373. The molecule has 0 N–H and O–H groups in total. The van der Waals surface area contributed by atoms with Crippen molar-refractivity contribution in [1.82, 2.24) is 4.98 Å². The predicted molar refractivity (Wildman–Crippen MR) is 35.0 cm³/mol. The topological polar surface area (TPSA) is 30.0 Å².